The highest BCUT2D eigenvalue weighted by Gasteiger charge is 2.32. The van der Waals surface area contributed by atoms with Gasteiger partial charge in [-0.05, 0) is 61.4 Å². The van der Waals surface area contributed by atoms with Crippen LogP contribution in [0.15, 0.2) is 75.5 Å². The molecule has 0 unspecified atom stereocenters. The van der Waals surface area contributed by atoms with Gasteiger partial charge in [0, 0.05) is 28.2 Å². The van der Waals surface area contributed by atoms with Crippen molar-refractivity contribution >= 4 is 17.5 Å². The molecule has 0 bridgehead atoms. The molecule has 3 aliphatic heterocycles. The lowest BCUT2D eigenvalue weighted by molar-refractivity contribution is 0.478. The predicted octanol–water partition coefficient (Wildman–Crippen LogP) is 4.52. The summed E-state index contributed by atoms with van der Waals surface area (Å²) in [5, 5.41) is 3.58. The van der Waals surface area contributed by atoms with Crippen LogP contribution in [0, 0.1) is 12.3 Å². The highest BCUT2D eigenvalue weighted by atomic mass is 15.0. The number of nitrogens with one attached hydrogen (secondary N) is 2. The molecule has 0 aliphatic carbocycles. The molecule has 4 heteroatoms. The average Bonchev–Trinajstić information content (AvgIpc) is 3.32. The quantitative estimate of drug-likeness (QED) is 0.820. The van der Waals surface area contributed by atoms with Crippen molar-refractivity contribution in [3.8, 4) is 0 Å². The molecule has 0 atom stereocenters. The Hall–Kier alpha value is -2.88. The summed E-state index contributed by atoms with van der Waals surface area (Å²) in [5.41, 5.74) is 8.09. The van der Waals surface area contributed by atoms with Crippen LogP contribution in [0.1, 0.15) is 31.7 Å². The Morgan fingerprint density at radius 2 is 1.85 bits per heavy atom. The van der Waals surface area contributed by atoms with Gasteiger partial charge in [-0.15, -0.1) is 0 Å². The van der Waals surface area contributed by atoms with Crippen LogP contribution in [0.4, 0.5) is 0 Å². The monoisotopic (exact) mass is 358 g/mol. The largest absolute Gasteiger partial charge is 0.362 e. The van der Waals surface area contributed by atoms with Crippen LogP contribution in [0.2, 0.25) is 0 Å². The van der Waals surface area contributed by atoms with Crippen LogP contribution < -0.4 is 5.32 Å². The number of dihydropyridines is 1. The van der Waals surface area contributed by atoms with Crippen LogP contribution in [0.3, 0.4) is 0 Å². The number of nitrogens with zero attached hydrogens (tertiary/aromatic N) is 2. The lowest BCUT2D eigenvalue weighted by atomic mass is 9.87. The molecule has 1 saturated heterocycles. The first-order valence-corrected chi connectivity index (χ1v) is 9.47. The van der Waals surface area contributed by atoms with Crippen molar-refractivity contribution in [2.75, 3.05) is 13.1 Å². The molecule has 2 N–H and O–H groups in total. The van der Waals surface area contributed by atoms with Crippen molar-refractivity contribution in [3.05, 3.63) is 76.9 Å². The lowest BCUT2D eigenvalue weighted by Crippen LogP contribution is -2.15. The van der Waals surface area contributed by atoms with E-state index in [1.807, 2.05) is 0 Å². The minimum Gasteiger partial charge on any atom is -0.362 e. The predicted molar refractivity (Wildman–Crippen MR) is 114 cm³/mol. The maximum absolute atomic E-state index is 4.75. The van der Waals surface area contributed by atoms with Gasteiger partial charge in [0.15, 0.2) is 0 Å². The van der Waals surface area contributed by atoms with E-state index in [1.165, 1.54) is 22.7 Å². The van der Waals surface area contributed by atoms with E-state index in [1.54, 1.807) is 0 Å². The summed E-state index contributed by atoms with van der Waals surface area (Å²) in [6.07, 6.45) is 15.9. The fourth-order valence-electron chi connectivity index (χ4n) is 3.56. The van der Waals surface area contributed by atoms with E-state index in [-0.39, 0.29) is 5.41 Å². The number of aromatic amines is 1. The molecule has 0 amide bonds. The third-order valence-corrected chi connectivity index (χ3v) is 5.05. The summed E-state index contributed by atoms with van der Waals surface area (Å²) in [7, 11) is 0. The highest BCUT2D eigenvalue weighted by molar-refractivity contribution is 6.06. The minimum absolute atomic E-state index is 0.0724. The van der Waals surface area contributed by atoms with Gasteiger partial charge in [-0.25, -0.2) is 0 Å². The van der Waals surface area contributed by atoms with Gasteiger partial charge < -0.3 is 10.3 Å². The molecule has 138 valence electrons. The van der Waals surface area contributed by atoms with E-state index in [9.17, 15) is 0 Å². The maximum Gasteiger partial charge on any atom is 0.0647 e. The van der Waals surface area contributed by atoms with Gasteiger partial charge in [-0.3, -0.25) is 9.98 Å². The zero-order valence-electron chi connectivity index (χ0n) is 16.2. The number of rotatable bonds is 3. The van der Waals surface area contributed by atoms with E-state index in [2.05, 4.69) is 90.7 Å². The van der Waals surface area contributed by atoms with Crippen LogP contribution in [0.25, 0.3) is 6.08 Å². The first kappa shape index (κ1) is 17.5. The molecule has 1 aromatic heterocycles. The van der Waals surface area contributed by atoms with Gasteiger partial charge in [0.25, 0.3) is 0 Å². The van der Waals surface area contributed by atoms with Crippen molar-refractivity contribution in [1.29, 1.82) is 0 Å². The zero-order chi connectivity index (χ0) is 18.9. The molecule has 1 fully saturated rings. The smallest absolute Gasteiger partial charge is 0.0647 e. The van der Waals surface area contributed by atoms with Gasteiger partial charge >= 0.3 is 0 Å². The molecular formula is C23H26N4. The Balaban J connectivity index is 1.48. The number of aromatic nitrogens is 1. The Morgan fingerprint density at radius 3 is 2.52 bits per heavy atom. The molecule has 3 aliphatic rings. The number of allylic oxidation sites excluding steroid dienone is 6. The van der Waals surface area contributed by atoms with Crippen molar-refractivity contribution < 1.29 is 0 Å². The molecule has 4 heterocycles. The number of aliphatic imine (C=N–C) groups is 2. The Kier molecular flexibility index (Phi) is 4.56. The Bertz CT molecular complexity index is 958. The first-order chi connectivity index (χ1) is 13.0. The molecule has 0 aromatic carbocycles. The fraction of sp³-hybridized carbons (Fsp3) is 0.304. The van der Waals surface area contributed by atoms with E-state index in [4.69, 9.17) is 4.99 Å². The molecule has 27 heavy (non-hydrogen) atoms. The Labute approximate surface area is 160 Å². The maximum atomic E-state index is 4.75. The number of hydrogen-bond donors (Lipinski definition) is 2. The number of aryl methyl sites for hydroxylation is 1. The van der Waals surface area contributed by atoms with Crippen LogP contribution in [-0.2, 0) is 0 Å². The normalized spacial score (nSPS) is 25.4. The van der Waals surface area contributed by atoms with Crippen LogP contribution >= 0.6 is 0 Å². The summed E-state index contributed by atoms with van der Waals surface area (Å²) in [6.45, 7) is 8.11. The number of hydrogen-bond acceptors (Lipinski definition) is 3. The van der Waals surface area contributed by atoms with Gasteiger partial charge in [0.2, 0.25) is 0 Å². The van der Waals surface area contributed by atoms with E-state index >= 15 is 0 Å². The molecule has 0 saturated carbocycles. The van der Waals surface area contributed by atoms with Crippen LogP contribution in [-0.4, -0.2) is 29.5 Å². The minimum atomic E-state index is 0.0724. The second-order valence-electron chi connectivity index (χ2n) is 7.97. The van der Waals surface area contributed by atoms with E-state index < -0.39 is 0 Å². The molecule has 1 aromatic rings. The van der Waals surface area contributed by atoms with Gasteiger partial charge in [-0.1, -0.05) is 26.0 Å². The Morgan fingerprint density at radius 1 is 1.00 bits per heavy atom. The van der Waals surface area contributed by atoms with Crippen molar-refractivity contribution in [2.24, 2.45) is 15.4 Å². The first-order valence-electron chi connectivity index (χ1n) is 9.47. The van der Waals surface area contributed by atoms with Gasteiger partial charge in [0.1, 0.15) is 0 Å². The molecule has 4 rings (SSSR count). The second kappa shape index (κ2) is 7.03. The van der Waals surface area contributed by atoms with Gasteiger partial charge in [0.05, 0.1) is 24.5 Å². The highest BCUT2D eigenvalue weighted by Crippen LogP contribution is 2.38. The molecule has 4 nitrogen and oxygen atoms in total. The van der Waals surface area contributed by atoms with Gasteiger partial charge in [-0.2, -0.15) is 0 Å². The average molecular weight is 358 g/mol. The molecular weight excluding hydrogens is 332 g/mol. The second-order valence-corrected chi connectivity index (χ2v) is 7.97. The summed E-state index contributed by atoms with van der Waals surface area (Å²) in [6, 6.07) is 4.18. The van der Waals surface area contributed by atoms with E-state index in [0.717, 1.165) is 30.1 Å². The summed E-state index contributed by atoms with van der Waals surface area (Å²) < 4.78 is 0. The summed E-state index contributed by atoms with van der Waals surface area (Å²) in [5.74, 6) is 0. The topological polar surface area (TPSA) is 52.5 Å². The third kappa shape index (κ3) is 4.11. The molecule has 0 radical (unpaired) electrons. The standard InChI is InChI=1S/C23H26N4/c1-16-6-8-20(26-16)11-17-7-9-19(25-15-17)13-22-23(2,3)14-21(27-22)12-18-5-4-10-24-18/h4-9,11-13,26-27H,10,14-15H2,1-3H3/b17-11?,21-12?,22-13-. The van der Waals surface area contributed by atoms with Crippen molar-refractivity contribution in [1.82, 2.24) is 10.3 Å². The SMILES string of the molecule is Cc1ccc(C=C2C=CC(/C=C3\NC(=CC4=NCC=C4)CC3(C)C)=NC2)[nH]1. The summed E-state index contributed by atoms with van der Waals surface area (Å²) in [4.78, 5) is 12.5. The van der Waals surface area contributed by atoms with Crippen LogP contribution in [0.5, 0.6) is 0 Å². The fourth-order valence-corrected chi connectivity index (χ4v) is 3.56. The molecule has 0 spiro atoms. The zero-order valence-corrected chi connectivity index (χ0v) is 16.2. The number of H-pyrrole nitrogens is 1. The lowest BCUT2D eigenvalue weighted by Gasteiger charge is -2.18. The summed E-state index contributed by atoms with van der Waals surface area (Å²) >= 11 is 0. The van der Waals surface area contributed by atoms with E-state index in [0.29, 0.717) is 6.54 Å². The third-order valence-electron chi connectivity index (χ3n) is 5.05. The van der Waals surface area contributed by atoms with Crippen molar-refractivity contribution in [2.45, 2.75) is 27.2 Å². The van der Waals surface area contributed by atoms with Crippen molar-refractivity contribution in [3.63, 3.8) is 0 Å².